The maximum Gasteiger partial charge on any atom is 0.227 e. The second kappa shape index (κ2) is 8.80. The number of nitrogens with zero attached hydrogens (tertiary/aromatic N) is 3. The molecule has 2 aromatic heterocycles. The number of rotatable bonds is 3. The first-order chi connectivity index (χ1) is 15.2. The van der Waals surface area contributed by atoms with Crippen molar-refractivity contribution in [3.05, 3.63) is 77.2 Å². The van der Waals surface area contributed by atoms with Gasteiger partial charge in [-0.25, -0.2) is 9.97 Å². The minimum absolute atomic E-state index is 0.648. The van der Waals surface area contributed by atoms with E-state index in [-0.39, 0.29) is 0 Å². The van der Waals surface area contributed by atoms with Crippen molar-refractivity contribution in [3.8, 4) is 23.0 Å². The molecule has 5 rings (SSSR count). The van der Waals surface area contributed by atoms with Gasteiger partial charge in [0.15, 0.2) is 0 Å². The Morgan fingerprint density at radius 1 is 0.871 bits per heavy atom. The van der Waals surface area contributed by atoms with Gasteiger partial charge < -0.3 is 5.32 Å². The van der Waals surface area contributed by atoms with Gasteiger partial charge in [-0.05, 0) is 35.7 Å². The van der Waals surface area contributed by atoms with Gasteiger partial charge in [0, 0.05) is 67.0 Å². The topological polar surface area (TPSA) is 37.8 Å². The molecule has 0 aliphatic carbocycles. The lowest BCUT2D eigenvalue weighted by Gasteiger charge is -2.37. The predicted octanol–water partition coefficient (Wildman–Crippen LogP) is 4.66. The van der Waals surface area contributed by atoms with Crippen LogP contribution in [0.2, 0.25) is 5.02 Å². The summed E-state index contributed by atoms with van der Waals surface area (Å²) in [6.45, 7) is 4.63. The van der Waals surface area contributed by atoms with Gasteiger partial charge in [-0.3, -0.25) is 4.48 Å². The molecule has 1 aromatic carbocycles. The Labute approximate surface area is 188 Å². The van der Waals surface area contributed by atoms with E-state index in [0.717, 1.165) is 45.0 Å². The SMILES string of the molecule is Clc1ccc(-c2ccc(C#Cc3ccc([N+]4(C5CCNC5)CCCC4)nc3)nc2)cc1. The molecule has 0 radical (unpaired) electrons. The number of halogens is 1. The minimum Gasteiger partial charge on any atom is -0.311 e. The van der Waals surface area contributed by atoms with Crippen LogP contribution in [0.5, 0.6) is 0 Å². The van der Waals surface area contributed by atoms with E-state index in [1.807, 2.05) is 48.8 Å². The molecule has 4 heterocycles. The zero-order valence-corrected chi connectivity index (χ0v) is 18.3. The molecule has 5 heteroatoms. The first-order valence-corrected chi connectivity index (χ1v) is 11.4. The van der Waals surface area contributed by atoms with E-state index in [1.165, 1.54) is 38.2 Å². The summed E-state index contributed by atoms with van der Waals surface area (Å²) in [5.74, 6) is 7.58. The maximum atomic E-state index is 5.97. The lowest BCUT2D eigenvalue weighted by atomic mass is 10.1. The summed E-state index contributed by atoms with van der Waals surface area (Å²) < 4.78 is 1.04. The van der Waals surface area contributed by atoms with E-state index in [4.69, 9.17) is 16.6 Å². The van der Waals surface area contributed by atoms with Crippen LogP contribution >= 0.6 is 11.6 Å². The number of aromatic nitrogens is 2. The van der Waals surface area contributed by atoms with Crippen molar-refractivity contribution in [2.75, 3.05) is 26.2 Å². The van der Waals surface area contributed by atoms with Crippen molar-refractivity contribution in [2.24, 2.45) is 0 Å². The lowest BCUT2D eigenvalue weighted by molar-refractivity contribution is 0.250. The molecule has 156 valence electrons. The normalized spacial score (nSPS) is 19.7. The van der Waals surface area contributed by atoms with Crippen LogP contribution in [0.25, 0.3) is 11.1 Å². The van der Waals surface area contributed by atoms with Gasteiger partial charge in [0.25, 0.3) is 0 Å². The summed E-state index contributed by atoms with van der Waals surface area (Å²) in [4.78, 5) is 9.36. The van der Waals surface area contributed by atoms with E-state index in [2.05, 4.69) is 34.3 Å². The second-order valence-corrected chi connectivity index (χ2v) is 8.87. The number of hydrogen-bond donors (Lipinski definition) is 1. The van der Waals surface area contributed by atoms with Crippen molar-refractivity contribution in [1.82, 2.24) is 19.8 Å². The third kappa shape index (κ3) is 4.22. The Morgan fingerprint density at radius 2 is 1.68 bits per heavy atom. The molecule has 0 saturated carbocycles. The fraction of sp³-hybridized carbons (Fsp3) is 0.308. The Balaban J connectivity index is 1.32. The number of likely N-dealkylation sites (tertiary alicyclic amines) is 1. The van der Waals surface area contributed by atoms with Crippen molar-refractivity contribution in [3.63, 3.8) is 0 Å². The van der Waals surface area contributed by atoms with Crippen LogP contribution < -0.4 is 9.80 Å². The standard InChI is InChI=1S/C26H26ClN4/c27-23-8-5-21(6-9-23)22-7-11-24(29-18-22)10-3-20-4-12-26(30-17-20)31(15-1-2-16-31)25-13-14-28-19-25/h4-9,11-12,17-18,25,28H,1-2,13-16,19H2/q+1. The molecule has 1 N–H and O–H groups in total. The van der Waals surface area contributed by atoms with Crippen molar-refractivity contribution in [1.29, 1.82) is 0 Å². The Morgan fingerprint density at radius 3 is 2.32 bits per heavy atom. The Hall–Kier alpha value is -2.71. The summed E-state index contributed by atoms with van der Waals surface area (Å²) in [5.41, 5.74) is 3.82. The Kier molecular flexibility index (Phi) is 5.74. The minimum atomic E-state index is 0.648. The van der Waals surface area contributed by atoms with Crippen LogP contribution in [0.1, 0.15) is 30.5 Å². The van der Waals surface area contributed by atoms with Gasteiger partial charge in [-0.2, -0.15) is 0 Å². The molecular formula is C26H26ClN4+. The van der Waals surface area contributed by atoms with Gasteiger partial charge in [0.05, 0.1) is 13.1 Å². The van der Waals surface area contributed by atoms with E-state index < -0.39 is 0 Å². The summed E-state index contributed by atoms with van der Waals surface area (Å²) in [7, 11) is 0. The van der Waals surface area contributed by atoms with Crippen LogP contribution in [0.4, 0.5) is 5.82 Å². The monoisotopic (exact) mass is 429 g/mol. The third-order valence-electron chi connectivity index (χ3n) is 6.58. The highest BCUT2D eigenvalue weighted by molar-refractivity contribution is 6.30. The number of hydrogen-bond acceptors (Lipinski definition) is 3. The summed E-state index contributed by atoms with van der Waals surface area (Å²) in [6.07, 6.45) is 7.59. The summed E-state index contributed by atoms with van der Waals surface area (Å²) >= 11 is 5.97. The highest BCUT2D eigenvalue weighted by Gasteiger charge is 2.44. The third-order valence-corrected chi connectivity index (χ3v) is 6.83. The summed E-state index contributed by atoms with van der Waals surface area (Å²) in [6, 6.07) is 16.7. The van der Waals surface area contributed by atoms with Gasteiger partial charge in [-0.15, -0.1) is 0 Å². The molecule has 2 aliphatic rings. The molecule has 31 heavy (non-hydrogen) atoms. The summed E-state index contributed by atoms with van der Waals surface area (Å²) in [5, 5.41) is 4.26. The van der Waals surface area contributed by atoms with Crippen molar-refractivity contribution in [2.45, 2.75) is 25.3 Å². The second-order valence-electron chi connectivity index (χ2n) is 8.43. The van der Waals surface area contributed by atoms with Gasteiger partial charge in [-0.1, -0.05) is 35.7 Å². The smallest absolute Gasteiger partial charge is 0.227 e. The molecule has 4 nitrogen and oxygen atoms in total. The highest BCUT2D eigenvalue weighted by atomic mass is 35.5. The molecule has 0 bridgehead atoms. The van der Waals surface area contributed by atoms with Crippen molar-refractivity contribution < 1.29 is 0 Å². The van der Waals surface area contributed by atoms with E-state index in [9.17, 15) is 0 Å². The molecular weight excluding hydrogens is 404 g/mol. The van der Waals surface area contributed by atoms with E-state index >= 15 is 0 Å². The van der Waals surface area contributed by atoms with E-state index in [1.54, 1.807) is 0 Å². The van der Waals surface area contributed by atoms with Crippen LogP contribution in [-0.4, -0.2) is 42.2 Å². The first kappa shape index (κ1) is 20.2. The largest absolute Gasteiger partial charge is 0.311 e. The highest BCUT2D eigenvalue weighted by Crippen LogP contribution is 2.33. The number of benzene rings is 1. The lowest BCUT2D eigenvalue weighted by Crippen LogP contribution is -2.56. The van der Waals surface area contributed by atoms with Crippen LogP contribution in [-0.2, 0) is 0 Å². The fourth-order valence-electron chi connectivity index (χ4n) is 4.88. The average molecular weight is 430 g/mol. The van der Waals surface area contributed by atoms with Crippen LogP contribution in [0.15, 0.2) is 60.9 Å². The predicted molar refractivity (Wildman–Crippen MR) is 127 cm³/mol. The van der Waals surface area contributed by atoms with E-state index in [0.29, 0.717) is 6.04 Å². The zero-order chi connectivity index (χ0) is 21.1. The number of pyridine rings is 2. The molecule has 1 unspecified atom stereocenters. The molecule has 0 spiro atoms. The zero-order valence-electron chi connectivity index (χ0n) is 17.5. The molecule has 2 fully saturated rings. The van der Waals surface area contributed by atoms with Crippen molar-refractivity contribution >= 4 is 17.4 Å². The van der Waals surface area contributed by atoms with Crippen LogP contribution in [0, 0.1) is 11.8 Å². The Bertz CT molecular complexity index is 1080. The molecule has 2 saturated heterocycles. The van der Waals surface area contributed by atoms with Gasteiger partial charge in [0.1, 0.15) is 11.7 Å². The first-order valence-electron chi connectivity index (χ1n) is 11.0. The number of quaternary nitrogens is 1. The number of nitrogens with one attached hydrogen (secondary N) is 1. The average Bonchev–Trinajstić information content (AvgIpc) is 3.52. The molecule has 1 atom stereocenters. The van der Waals surface area contributed by atoms with Gasteiger partial charge >= 0.3 is 0 Å². The molecule has 0 amide bonds. The van der Waals surface area contributed by atoms with Gasteiger partial charge in [0.2, 0.25) is 5.82 Å². The quantitative estimate of drug-likeness (QED) is 0.486. The molecule has 3 aromatic rings. The molecule has 2 aliphatic heterocycles. The fourth-order valence-corrected chi connectivity index (χ4v) is 5.01. The van der Waals surface area contributed by atoms with Crippen LogP contribution in [0.3, 0.4) is 0 Å². The maximum absolute atomic E-state index is 5.97.